The minimum Gasteiger partial charge on any atom is -0.478 e. The van der Waals surface area contributed by atoms with Crippen molar-refractivity contribution < 1.29 is 14.7 Å². The molecule has 1 heterocycles. The molecule has 0 saturated carbocycles. The quantitative estimate of drug-likeness (QED) is 0.896. The molecule has 1 aromatic heterocycles. The third-order valence-corrected chi connectivity index (χ3v) is 3.50. The zero-order valence-electron chi connectivity index (χ0n) is 10.2. The number of rotatable bonds is 4. The van der Waals surface area contributed by atoms with Gasteiger partial charge in [0.15, 0.2) is 0 Å². The van der Waals surface area contributed by atoms with Gasteiger partial charge in [0.1, 0.15) is 5.01 Å². The van der Waals surface area contributed by atoms with E-state index in [1.807, 2.05) is 0 Å². The van der Waals surface area contributed by atoms with E-state index in [1.165, 1.54) is 18.3 Å². The van der Waals surface area contributed by atoms with Crippen LogP contribution in [-0.2, 0) is 11.3 Å². The summed E-state index contributed by atoms with van der Waals surface area (Å²) in [5.41, 5.74) is 0.888. The highest BCUT2D eigenvalue weighted by atomic mass is 32.1. The minimum atomic E-state index is -0.965. The summed E-state index contributed by atoms with van der Waals surface area (Å²) in [7, 11) is 0. The SMILES string of the molecule is CC(=O)NCc1ncc(-c2ccccc2C(=O)O)s1. The Kier molecular flexibility index (Phi) is 3.91. The van der Waals surface area contributed by atoms with Crippen molar-refractivity contribution in [3.63, 3.8) is 0 Å². The van der Waals surface area contributed by atoms with E-state index in [2.05, 4.69) is 10.3 Å². The molecule has 0 radical (unpaired) electrons. The summed E-state index contributed by atoms with van der Waals surface area (Å²) in [6.07, 6.45) is 1.63. The van der Waals surface area contributed by atoms with E-state index in [0.717, 1.165) is 9.88 Å². The van der Waals surface area contributed by atoms with Crippen LogP contribution in [0.3, 0.4) is 0 Å². The van der Waals surface area contributed by atoms with Gasteiger partial charge in [0.25, 0.3) is 0 Å². The normalized spacial score (nSPS) is 10.2. The van der Waals surface area contributed by atoms with Crippen LogP contribution in [0.5, 0.6) is 0 Å². The van der Waals surface area contributed by atoms with Gasteiger partial charge in [0.05, 0.1) is 17.0 Å². The fourth-order valence-electron chi connectivity index (χ4n) is 1.60. The second-order valence-corrected chi connectivity index (χ2v) is 4.99. The highest BCUT2D eigenvalue weighted by Crippen LogP contribution is 2.29. The molecular formula is C13H12N2O3S. The Morgan fingerprint density at radius 3 is 2.79 bits per heavy atom. The molecule has 2 rings (SSSR count). The molecule has 0 atom stereocenters. The first-order valence-corrected chi connectivity index (χ1v) is 6.41. The number of amides is 1. The second-order valence-electron chi connectivity index (χ2n) is 3.88. The van der Waals surface area contributed by atoms with Crippen LogP contribution in [-0.4, -0.2) is 22.0 Å². The van der Waals surface area contributed by atoms with E-state index in [-0.39, 0.29) is 11.5 Å². The summed E-state index contributed by atoms with van der Waals surface area (Å²) in [6, 6.07) is 6.78. The van der Waals surface area contributed by atoms with Crippen molar-refractivity contribution in [1.82, 2.24) is 10.3 Å². The van der Waals surface area contributed by atoms with Crippen LogP contribution in [0, 0.1) is 0 Å². The molecular weight excluding hydrogens is 264 g/mol. The standard InChI is InChI=1S/C13H12N2O3S/c1-8(16)14-7-12-15-6-11(19-12)9-4-2-3-5-10(9)13(17)18/h2-6H,7H2,1H3,(H,14,16)(H,17,18). The molecule has 1 aromatic carbocycles. The number of carbonyl (C=O) groups excluding carboxylic acids is 1. The van der Waals surface area contributed by atoms with E-state index in [0.29, 0.717) is 12.1 Å². The topological polar surface area (TPSA) is 79.3 Å². The Balaban J connectivity index is 2.28. The van der Waals surface area contributed by atoms with E-state index < -0.39 is 5.97 Å². The van der Waals surface area contributed by atoms with Gasteiger partial charge in [-0.2, -0.15) is 0 Å². The first kappa shape index (κ1) is 13.2. The van der Waals surface area contributed by atoms with Gasteiger partial charge in [-0.1, -0.05) is 18.2 Å². The van der Waals surface area contributed by atoms with Crippen molar-refractivity contribution in [2.75, 3.05) is 0 Å². The molecule has 1 amide bonds. The minimum absolute atomic E-state index is 0.123. The Morgan fingerprint density at radius 2 is 2.11 bits per heavy atom. The lowest BCUT2D eigenvalue weighted by atomic mass is 10.1. The van der Waals surface area contributed by atoms with Gasteiger partial charge in [-0.15, -0.1) is 11.3 Å². The van der Waals surface area contributed by atoms with Crippen LogP contribution >= 0.6 is 11.3 Å². The van der Waals surface area contributed by atoms with Gasteiger partial charge >= 0.3 is 5.97 Å². The van der Waals surface area contributed by atoms with Gasteiger partial charge in [0.2, 0.25) is 5.91 Å². The van der Waals surface area contributed by atoms with Gasteiger partial charge in [-0.05, 0) is 6.07 Å². The smallest absolute Gasteiger partial charge is 0.336 e. The van der Waals surface area contributed by atoms with E-state index in [9.17, 15) is 9.59 Å². The van der Waals surface area contributed by atoms with Crippen molar-refractivity contribution in [3.05, 3.63) is 41.0 Å². The zero-order valence-corrected chi connectivity index (χ0v) is 11.0. The maximum Gasteiger partial charge on any atom is 0.336 e. The Labute approximate surface area is 113 Å². The highest BCUT2D eigenvalue weighted by Gasteiger charge is 2.13. The monoisotopic (exact) mass is 276 g/mol. The number of hydrogen-bond donors (Lipinski definition) is 2. The maximum absolute atomic E-state index is 11.1. The number of aromatic nitrogens is 1. The molecule has 0 aliphatic heterocycles. The van der Waals surface area contributed by atoms with Crippen LogP contribution in [0.1, 0.15) is 22.3 Å². The van der Waals surface area contributed by atoms with Gasteiger partial charge in [0, 0.05) is 18.7 Å². The third-order valence-electron chi connectivity index (χ3n) is 2.47. The number of nitrogens with one attached hydrogen (secondary N) is 1. The molecule has 6 heteroatoms. The molecule has 2 aromatic rings. The number of nitrogens with zero attached hydrogens (tertiary/aromatic N) is 1. The molecule has 19 heavy (non-hydrogen) atoms. The summed E-state index contributed by atoms with van der Waals surface area (Å²) in [6.45, 7) is 1.80. The lowest BCUT2D eigenvalue weighted by Crippen LogP contribution is -2.18. The third kappa shape index (κ3) is 3.17. The summed E-state index contributed by atoms with van der Waals surface area (Å²) in [4.78, 5) is 26.9. The van der Waals surface area contributed by atoms with Crippen LogP contribution in [0.25, 0.3) is 10.4 Å². The Morgan fingerprint density at radius 1 is 1.37 bits per heavy atom. The lowest BCUT2D eigenvalue weighted by Gasteiger charge is -2.02. The van der Waals surface area contributed by atoms with Crippen molar-refractivity contribution in [2.45, 2.75) is 13.5 Å². The number of thiazole rings is 1. The first-order valence-electron chi connectivity index (χ1n) is 5.60. The fraction of sp³-hybridized carbons (Fsp3) is 0.154. The molecule has 0 fully saturated rings. The molecule has 2 N–H and O–H groups in total. The number of carbonyl (C=O) groups is 2. The van der Waals surface area contributed by atoms with E-state index >= 15 is 0 Å². The van der Waals surface area contributed by atoms with Crippen LogP contribution in [0.15, 0.2) is 30.5 Å². The van der Waals surface area contributed by atoms with Gasteiger partial charge in [-0.3, -0.25) is 4.79 Å². The van der Waals surface area contributed by atoms with Crippen molar-refractivity contribution in [2.24, 2.45) is 0 Å². The van der Waals surface area contributed by atoms with Crippen LogP contribution in [0.2, 0.25) is 0 Å². The Bertz CT molecular complexity index is 622. The van der Waals surface area contributed by atoms with Gasteiger partial charge in [-0.25, -0.2) is 9.78 Å². The predicted molar refractivity (Wildman–Crippen MR) is 72.0 cm³/mol. The van der Waals surface area contributed by atoms with Crippen molar-refractivity contribution >= 4 is 23.2 Å². The number of aromatic carboxylic acids is 1. The molecule has 0 aliphatic rings. The second kappa shape index (κ2) is 5.62. The van der Waals surface area contributed by atoms with E-state index in [4.69, 9.17) is 5.11 Å². The van der Waals surface area contributed by atoms with Gasteiger partial charge < -0.3 is 10.4 Å². The molecule has 5 nitrogen and oxygen atoms in total. The molecule has 0 spiro atoms. The molecule has 98 valence electrons. The number of hydrogen-bond acceptors (Lipinski definition) is 4. The molecule has 0 aliphatic carbocycles. The van der Waals surface area contributed by atoms with Crippen molar-refractivity contribution in [3.8, 4) is 10.4 Å². The largest absolute Gasteiger partial charge is 0.478 e. The van der Waals surface area contributed by atoms with E-state index in [1.54, 1.807) is 30.5 Å². The summed E-state index contributed by atoms with van der Waals surface area (Å²) in [5.74, 6) is -1.09. The average molecular weight is 276 g/mol. The molecule has 0 unspecified atom stereocenters. The lowest BCUT2D eigenvalue weighted by molar-refractivity contribution is -0.119. The first-order chi connectivity index (χ1) is 9.08. The number of benzene rings is 1. The highest BCUT2D eigenvalue weighted by molar-refractivity contribution is 7.15. The Hall–Kier alpha value is -2.21. The number of carboxylic acid groups (broad SMARTS) is 1. The van der Waals surface area contributed by atoms with Crippen LogP contribution < -0.4 is 5.32 Å². The summed E-state index contributed by atoms with van der Waals surface area (Å²) < 4.78 is 0. The number of carboxylic acids is 1. The summed E-state index contributed by atoms with van der Waals surface area (Å²) in [5, 5.41) is 12.5. The molecule has 0 bridgehead atoms. The summed E-state index contributed by atoms with van der Waals surface area (Å²) >= 11 is 1.37. The zero-order chi connectivity index (χ0) is 13.8. The van der Waals surface area contributed by atoms with Crippen molar-refractivity contribution in [1.29, 1.82) is 0 Å². The predicted octanol–water partition coefficient (Wildman–Crippen LogP) is 2.14. The maximum atomic E-state index is 11.1. The van der Waals surface area contributed by atoms with Crippen LogP contribution in [0.4, 0.5) is 0 Å². The fourth-order valence-corrected chi connectivity index (χ4v) is 2.50. The molecule has 0 saturated heterocycles. The average Bonchev–Trinajstić information content (AvgIpc) is 2.85.